The van der Waals surface area contributed by atoms with E-state index < -0.39 is 5.97 Å². The maximum Gasteiger partial charge on any atom is 0.331 e. The number of nitrogens with zero attached hydrogens (tertiary/aromatic N) is 1. The van der Waals surface area contributed by atoms with E-state index in [1.165, 1.54) is 13.0 Å². The predicted molar refractivity (Wildman–Crippen MR) is 97.2 cm³/mol. The quantitative estimate of drug-likeness (QED) is 0.756. The van der Waals surface area contributed by atoms with Crippen LogP contribution in [0.2, 0.25) is 0 Å². The van der Waals surface area contributed by atoms with Crippen molar-refractivity contribution in [2.45, 2.75) is 33.7 Å². The van der Waals surface area contributed by atoms with Crippen molar-refractivity contribution in [3.8, 4) is 5.75 Å². The number of nitrogens with one attached hydrogen (secondary N) is 1. The fourth-order valence-corrected chi connectivity index (χ4v) is 2.86. The Hall–Kier alpha value is -2.76. The van der Waals surface area contributed by atoms with E-state index >= 15 is 0 Å². The van der Waals surface area contributed by atoms with Crippen LogP contribution in [0.5, 0.6) is 5.75 Å². The predicted octanol–water partition coefficient (Wildman–Crippen LogP) is 3.13. The summed E-state index contributed by atoms with van der Waals surface area (Å²) in [5.74, 6) is -0.522. The van der Waals surface area contributed by atoms with E-state index in [0.717, 1.165) is 29.6 Å². The fourth-order valence-electron chi connectivity index (χ4n) is 2.86. The molecule has 25 heavy (non-hydrogen) atoms. The summed E-state index contributed by atoms with van der Waals surface area (Å²) < 4.78 is 7.42. The number of amides is 1. The minimum atomic E-state index is -0.991. The minimum absolute atomic E-state index is 0.167. The molecule has 0 aliphatic rings. The van der Waals surface area contributed by atoms with Crippen LogP contribution in [0.1, 0.15) is 36.3 Å². The molecule has 0 aliphatic carbocycles. The standard InChI is InChI=1S/C19H24N2O4/c1-5-10-21-13(3)17(15-11-14(25-4)6-7-16(15)21)18(22)20-9-8-12(2)19(23)24/h6-8,11H,5,9-10H2,1-4H3,(H,20,22)(H,23,24). The number of methoxy groups -OCH3 is 1. The lowest BCUT2D eigenvalue weighted by Crippen LogP contribution is -2.24. The molecule has 0 radical (unpaired) electrons. The molecular weight excluding hydrogens is 320 g/mol. The average molecular weight is 344 g/mol. The van der Waals surface area contributed by atoms with E-state index in [0.29, 0.717) is 11.3 Å². The molecule has 134 valence electrons. The van der Waals surface area contributed by atoms with Crippen LogP contribution in [0.15, 0.2) is 29.8 Å². The van der Waals surface area contributed by atoms with Crippen molar-refractivity contribution in [3.05, 3.63) is 41.1 Å². The van der Waals surface area contributed by atoms with Gasteiger partial charge in [0.1, 0.15) is 5.75 Å². The molecule has 0 atom stereocenters. The number of hydrogen-bond donors (Lipinski definition) is 2. The Kier molecular flexibility index (Phi) is 5.85. The number of aliphatic carboxylic acids is 1. The Morgan fingerprint density at radius 3 is 2.68 bits per heavy atom. The van der Waals surface area contributed by atoms with Crippen LogP contribution >= 0.6 is 0 Å². The zero-order valence-corrected chi connectivity index (χ0v) is 15.0. The van der Waals surface area contributed by atoms with E-state index in [1.54, 1.807) is 7.11 Å². The lowest BCUT2D eigenvalue weighted by atomic mass is 10.1. The van der Waals surface area contributed by atoms with Gasteiger partial charge in [0, 0.05) is 35.3 Å². The van der Waals surface area contributed by atoms with Gasteiger partial charge in [-0.05, 0) is 38.5 Å². The normalized spacial score (nSPS) is 11.6. The van der Waals surface area contributed by atoms with Crippen molar-refractivity contribution < 1.29 is 19.4 Å². The van der Waals surface area contributed by atoms with Crippen LogP contribution in [-0.2, 0) is 11.3 Å². The number of carbonyl (C=O) groups excluding carboxylic acids is 1. The largest absolute Gasteiger partial charge is 0.497 e. The third kappa shape index (κ3) is 3.84. The number of rotatable bonds is 7. The van der Waals surface area contributed by atoms with Gasteiger partial charge in [0.05, 0.1) is 12.7 Å². The van der Waals surface area contributed by atoms with Gasteiger partial charge in [-0.2, -0.15) is 0 Å². The smallest absolute Gasteiger partial charge is 0.331 e. The van der Waals surface area contributed by atoms with Crippen LogP contribution in [0.3, 0.4) is 0 Å². The fraction of sp³-hybridized carbons (Fsp3) is 0.368. The number of aromatic nitrogens is 1. The number of carbonyl (C=O) groups is 2. The molecule has 0 aliphatic heterocycles. The summed E-state index contributed by atoms with van der Waals surface area (Å²) in [6.45, 7) is 6.50. The number of carboxylic acids is 1. The number of fused-ring (bicyclic) bond motifs is 1. The first-order chi connectivity index (χ1) is 11.9. The first-order valence-corrected chi connectivity index (χ1v) is 8.25. The molecule has 0 bridgehead atoms. The van der Waals surface area contributed by atoms with Crippen molar-refractivity contribution in [3.63, 3.8) is 0 Å². The number of benzene rings is 1. The van der Waals surface area contributed by atoms with E-state index in [1.807, 2.05) is 25.1 Å². The Morgan fingerprint density at radius 2 is 2.08 bits per heavy atom. The second kappa shape index (κ2) is 7.88. The number of carboxylic acid groups (broad SMARTS) is 1. The summed E-state index contributed by atoms with van der Waals surface area (Å²) in [5, 5.41) is 12.5. The van der Waals surface area contributed by atoms with Gasteiger partial charge in [0.25, 0.3) is 5.91 Å². The number of ether oxygens (including phenoxy) is 1. The third-order valence-electron chi connectivity index (χ3n) is 4.21. The SMILES string of the molecule is CCCn1c(C)c(C(=O)NCC=C(C)C(=O)O)c2cc(OC)ccc21. The van der Waals surface area contributed by atoms with Crippen molar-refractivity contribution in [1.29, 1.82) is 0 Å². The van der Waals surface area contributed by atoms with Crippen molar-refractivity contribution in [1.82, 2.24) is 9.88 Å². The van der Waals surface area contributed by atoms with Gasteiger partial charge in [-0.3, -0.25) is 4.79 Å². The molecule has 1 heterocycles. The highest BCUT2D eigenvalue weighted by Gasteiger charge is 2.20. The van der Waals surface area contributed by atoms with Gasteiger partial charge >= 0.3 is 5.97 Å². The molecule has 2 aromatic rings. The monoisotopic (exact) mass is 344 g/mol. The zero-order valence-electron chi connectivity index (χ0n) is 15.0. The van der Waals surface area contributed by atoms with Crippen LogP contribution < -0.4 is 10.1 Å². The molecule has 1 aromatic carbocycles. The first-order valence-electron chi connectivity index (χ1n) is 8.25. The first kappa shape index (κ1) is 18.6. The van der Waals surface area contributed by atoms with Crippen LogP contribution in [0, 0.1) is 6.92 Å². The minimum Gasteiger partial charge on any atom is -0.497 e. The Balaban J connectivity index is 2.41. The summed E-state index contributed by atoms with van der Waals surface area (Å²) in [4.78, 5) is 23.5. The van der Waals surface area contributed by atoms with Crippen molar-refractivity contribution in [2.75, 3.05) is 13.7 Å². The maximum atomic E-state index is 12.7. The van der Waals surface area contributed by atoms with Gasteiger partial charge in [-0.15, -0.1) is 0 Å². The van der Waals surface area contributed by atoms with E-state index in [2.05, 4.69) is 16.8 Å². The summed E-state index contributed by atoms with van der Waals surface area (Å²) in [7, 11) is 1.59. The topological polar surface area (TPSA) is 80.6 Å². The maximum absolute atomic E-state index is 12.7. The summed E-state index contributed by atoms with van der Waals surface area (Å²) >= 11 is 0. The lowest BCUT2D eigenvalue weighted by Gasteiger charge is -2.07. The second-order valence-electron chi connectivity index (χ2n) is 5.90. The molecule has 0 spiro atoms. The highest BCUT2D eigenvalue weighted by molar-refractivity contribution is 6.08. The molecule has 6 heteroatoms. The van der Waals surface area contributed by atoms with Gasteiger partial charge < -0.3 is 19.7 Å². The van der Waals surface area contributed by atoms with Crippen molar-refractivity contribution >= 4 is 22.8 Å². The van der Waals surface area contributed by atoms with Crippen LogP contribution in [0.25, 0.3) is 10.9 Å². The Labute approximate surface area is 147 Å². The van der Waals surface area contributed by atoms with E-state index in [-0.39, 0.29) is 18.0 Å². The molecule has 0 saturated heterocycles. The second-order valence-corrected chi connectivity index (χ2v) is 5.90. The van der Waals surface area contributed by atoms with E-state index in [4.69, 9.17) is 9.84 Å². The highest BCUT2D eigenvalue weighted by atomic mass is 16.5. The molecule has 2 rings (SSSR count). The Bertz CT molecular complexity index is 834. The summed E-state index contributed by atoms with van der Waals surface area (Å²) in [5.41, 5.74) is 2.68. The molecule has 1 aromatic heterocycles. The summed E-state index contributed by atoms with van der Waals surface area (Å²) in [6.07, 6.45) is 2.44. The van der Waals surface area contributed by atoms with Gasteiger partial charge in [-0.1, -0.05) is 13.0 Å². The molecule has 0 saturated carbocycles. The lowest BCUT2D eigenvalue weighted by molar-refractivity contribution is -0.132. The van der Waals surface area contributed by atoms with Gasteiger partial charge in [-0.25, -0.2) is 4.79 Å². The number of aryl methyl sites for hydroxylation is 1. The molecule has 6 nitrogen and oxygen atoms in total. The van der Waals surface area contributed by atoms with Crippen LogP contribution in [0.4, 0.5) is 0 Å². The molecule has 0 unspecified atom stereocenters. The molecular formula is C19H24N2O4. The van der Waals surface area contributed by atoms with Gasteiger partial charge in [0.15, 0.2) is 0 Å². The number of hydrogen-bond acceptors (Lipinski definition) is 3. The Morgan fingerprint density at radius 1 is 1.36 bits per heavy atom. The highest BCUT2D eigenvalue weighted by Crippen LogP contribution is 2.29. The van der Waals surface area contributed by atoms with Crippen molar-refractivity contribution in [2.24, 2.45) is 0 Å². The van der Waals surface area contributed by atoms with Crippen LogP contribution in [-0.4, -0.2) is 35.2 Å². The zero-order chi connectivity index (χ0) is 18.6. The van der Waals surface area contributed by atoms with Gasteiger partial charge in [0.2, 0.25) is 0 Å². The molecule has 2 N–H and O–H groups in total. The van der Waals surface area contributed by atoms with E-state index in [9.17, 15) is 9.59 Å². The molecule has 0 fully saturated rings. The third-order valence-corrected chi connectivity index (χ3v) is 4.21. The molecule has 1 amide bonds. The summed E-state index contributed by atoms with van der Waals surface area (Å²) in [6, 6.07) is 5.71. The average Bonchev–Trinajstić information content (AvgIpc) is 2.86.